The lowest BCUT2D eigenvalue weighted by Gasteiger charge is -2.07. The predicted octanol–water partition coefficient (Wildman–Crippen LogP) is 0.805. The van der Waals surface area contributed by atoms with Crippen molar-refractivity contribution in [1.82, 2.24) is 25.2 Å². The molecule has 2 heterocycles. The molecule has 2 aromatic rings. The first-order chi connectivity index (χ1) is 10.0. The molecule has 0 amide bonds. The number of sulfonamides is 1. The van der Waals surface area contributed by atoms with Crippen LogP contribution in [0, 0.1) is 6.92 Å². The standard InChI is InChI=1S/C12H19N5O2S2/c1-3-13-6-11-9(2)16-17-12(11)21(18,19)15-5-4-10-7-20-8-14-10/h7-8,13,15H,3-6H2,1-2H3,(H,16,17). The summed E-state index contributed by atoms with van der Waals surface area (Å²) in [6, 6.07) is 0. The summed E-state index contributed by atoms with van der Waals surface area (Å²) in [4.78, 5) is 4.12. The summed E-state index contributed by atoms with van der Waals surface area (Å²) in [5.41, 5.74) is 4.05. The van der Waals surface area contributed by atoms with E-state index in [1.165, 1.54) is 11.3 Å². The Morgan fingerprint density at radius 1 is 1.43 bits per heavy atom. The maximum absolute atomic E-state index is 12.3. The maximum atomic E-state index is 12.3. The second kappa shape index (κ2) is 7.12. The fraction of sp³-hybridized carbons (Fsp3) is 0.500. The molecule has 0 saturated carbocycles. The van der Waals surface area contributed by atoms with E-state index in [1.54, 1.807) is 5.51 Å². The Morgan fingerprint density at radius 3 is 2.90 bits per heavy atom. The molecule has 3 N–H and O–H groups in total. The highest BCUT2D eigenvalue weighted by molar-refractivity contribution is 7.89. The fourth-order valence-corrected chi connectivity index (χ4v) is 3.67. The lowest BCUT2D eigenvalue weighted by atomic mass is 10.2. The lowest BCUT2D eigenvalue weighted by Crippen LogP contribution is -2.28. The third kappa shape index (κ3) is 4.10. The third-order valence-electron chi connectivity index (χ3n) is 3.00. The molecule has 116 valence electrons. The number of aromatic nitrogens is 3. The minimum absolute atomic E-state index is 0.0687. The normalized spacial score (nSPS) is 11.9. The molecule has 2 rings (SSSR count). The van der Waals surface area contributed by atoms with Gasteiger partial charge in [0.25, 0.3) is 10.0 Å². The molecule has 0 bridgehead atoms. The molecular weight excluding hydrogens is 310 g/mol. The third-order valence-corrected chi connectivity index (χ3v) is 5.07. The smallest absolute Gasteiger partial charge is 0.260 e. The van der Waals surface area contributed by atoms with Gasteiger partial charge in [-0.05, 0) is 13.5 Å². The van der Waals surface area contributed by atoms with Crippen LogP contribution in [-0.4, -0.2) is 36.7 Å². The molecular formula is C12H19N5O2S2. The molecule has 0 unspecified atom stereocenters. The molecule has 0 aliphatic heterocycles. The van der Waals surface area contributed by atoms with E-state index in [9.17, 15) is 8.42 Å². The molecule has 0 saturated heterocycles. The number of nitrogens with zero attached hydrogens (tertiary/aromatic N) is 2. The zero-order valence-electron chi connectivity index (χ0n) is 12.0. The number of hydrogen-bond acceptors (Lipinski definition) is 6. The molecule has 0 aromatic carbocycles. The van der Waals surface area contributed by atoms with Gasteiger partial charge in [0.05, 0.1) is 11.2 Å². The molecule has 9 heteroatoms. The van der Waals surface area contributed by atoms with E-state index in [-0.39, 0.29) is 5.03 Å². The Morgan fingerprint density at radius 2 is 2.24 bits per heavy atom. The van der Waals surface area contributed by atoms with Gasteiger partial charge in [-0.2, -0.15) is 5.10 Å². The Bertz CT molecular complexity index is 664. The van der Waals surface area contributed by atoms with E-state index >= 15 is 0 Å². The number of aromatic amines is 1. The largest absolute Gasteiger partial charge is 0.313 e. The highest BCUT2D eigenvalue weighted by Crippen LogP contribution is 2.15. The van der Waals surface area contributed by atoms with Gasteiger partial charge in [-0.1, -0.05) is 6.92 Å². The molecule has 2 aromatic heterocycles. The van der Waals surface area contributed by atoms with Gasteiger partial charge in [0.15, 0.2) is 5.03 Å². The van der Waals surface area contributed by atoms with E-state index in [4.69, 9.17) is 0 Å². The number of hydrogen-bond donors (Lipinski definition) is 3. The van der Waals surface area contributed by atoms with E-state index in [1.807, 2.05) is 19.2 Å². The highest BCUT2D eigenvalue weighted by atomic mass is 32.2. The Kier molecular flexibility index (Phi) is 5.45. The van der Waals surface area contributed by atoms with Crippen LogP contribution in [0.5, 0.6) is 0 Å². The van der Waals surface area contributed by atoms with Crippen molar-refractivity contribution in [3.05, 3.63) is 27.8 Å². The molecule has 0 spiro atoms. The summed E-state index contributed by atoms with van der Waals surface area (Å²) < 4.78 is 27.2. The van der Waals surface area contributed by atoms with Crippen molar-refractivity contribution in [3.63, 3.8) is 0 Å². The van der Waals surface area contributed by atoms with Crippen LogP contribution in [0.3, 0.4) is 0 Å². The van der Waals surface area contributed by atoms with Crippen molar-refractivity contribution in [2.45, 2.75) is 31.8 Å². The van der Waals surface area contributed by atoms with Crippen LogP contribution in [0.4, 0.5) is 0 Å². The number of nitrogens with one attached hydrogen (secondary N) is 3. The number of aryl methyl sites for hydroxylation is 1. The molecule has 0 aliphatic rings. The average molecular weight is 329 g/mol. The number of H-pyrrole nitrogens is 1. The molecule has 0 radical (unpaired) electrons. The van der Waals surface area contributed by atoms with Crippen molar-refractivity contribution in [2.75, 3.05) is 13.1 Å². The van der Waals surface area contributed by atoms with Crippen molar-refractivity contribution in [3.8, 4) is 0 Å². The molecule has 0 aliphatic carbocycles. The predicted molar refractivity (Wildman–Crippen MR) is 81.7 cm³/mol. The van der Waals surface area contributed by atoms with Crippen LogP contribution < -0.4 is 10.0 Å². The Hall–Kier alpha value is -1.29. The minimum Gasteiger partial charge on any atom is -0.313 e. The second-order valence-electron chi connectivity index (χ2n) is 4.54. The minimum atomic E-state index is -3.61. The maximum Gasteiger partial charge on any atom is 0.260 e. The topological polar surface area (TPSA) is 99.8 Å². The molecule has 0 fully saturated rings. The van der Waals surface area contributed by atoms with Crippen LogP contribution in [0.25, 0.3) is 0 Å². The van der Waals surface area contributed by atoms with Gasteiger partial charge in [-0.15, -0.1) is 11.3 Å². The summed E-state index contributed by atoms with van der Waals surface area (Å²) in [6.45, 7) is 5.32. The summed E-state index contributed by atoms with van der Waals surface area (Å²) >= 11 is 1.49. The summed E-state index contributed by atoms with van der Waals surface area (Å²) in [5, 5.41) is 11.8. The van der Waals surface area contributed by atoms with Crippen molar-refractivity contribution in [1.29, 1.82) is 0 Å². The second-order valence-corrected chi connectivity index (χ2v) is 6.94. The van der Waals surface area contributed by atoms with Gasteiger partial charge < -0.3 is 5.32 Å². The zero-order chi connectivity index (χ0) is 15.3. The van der Waals surface area contributed by atoms with Crippen LogP contribution in [0.2, 0.25) is 0 Å². The van der Waals surface area contributed by atoms with Gasteiger partial charge in [-0.3, -0.25) is 5.10 Å². The van der Waals surface area contributed by atoms with E-state index in [0.29, 0.717) is 25.1 Å². The lowest BCUT2D eigenvalue weighted by molar-refractivity contribution is 0.574. The van der Waals surface area contributed by atoms with Gasteiger partial charge in [0.1, 0.15) is 0 Å². The fourth-order valence-electron chi connectivity index (χ4n) is 1.85. The van der Waals surface area contributed by atoms with Crippen LogP contribution in [-0.2, 0) is 23.0 Å². The summed E-state index contributed by atoms with van der Waals surface area (Å²) in [7, 11) is -3.61. The van der Waals surface area contributed by atoms with Gasteiger partial charge in [0, 0.05) is 36.1 Å². The Balaban J connectivity index is 2.05. The van der Waals surface area contributed by atoms with E-state index < -0.39 is 10.0 Å². The van der Waals surface area contributed by atoms with Gasteiger partial charge in [0.2, 0.25) is 0 Å². The first kappa shape index (κ1) is 16.1. The monoisotopic (exact) mass is 329 g/mol. The SMILES string of the molecule is CCNCc1c(S(=O)(=O)NCCc2cscn2)n[nH]c1C. The van der Waals surface area contributed by atoms with Crippen LogP contribution in [0.15, 0.2) is 15.9 Å². The van der Waals surface area contributed by atoms with Crippen molar-refractivity contribution in [2.24, 2.45) is 0 Å². The van der Waals surface area contributed by atoms with Crippen LogP contribution in [0.1, 0.15) is 23.9 Å². The van der Waals surface area contributed by atoms with Gasteiger partial charge >= 0.3 is 0 Å². The van der Waals surface area contributed by atoms with Crippen molar-refractivity contribution >= 4 is 21.4 Å². The van der Waals surface area contributed by atoms with E-state index in [2.05, 4.69) is 25.2 Å². The first-order valence-corrected chi connectivity index (χ1v) is 9.08. The molecule has 7 nitrogen and oxygen atoms in total. The quantitative estimate of drug-likeness (QED) is 0.665. The number of thiazole rings is 1. The molecule has 0 atom stereocenters. The van der Waals surface area contributed by atoms with Gasteiger partial charge in [-0.25, -0.2) is 18.1 Å². The van der Waals surface area contributed by atoms with Crippen molar-refractivity contribution < 1.29 is 8.42 Å². The highest BCUT2D eigenvalue weighted by Gasteiger charge is 2.23. The van der Waals surface area contributed by atoms with Crippen LogP contribution >= 0.6 is 11.3 Å². The summed E-state index contributed by atoms with van der Waals surface area (Å²) in [5.74, 6) is 0. The Labute approximate surface area is 128 Å². The number of rotatable bonds is 8. The average Bonchev–Trinajstić information content (AvgIpc) is 3.06. The molecule has 21 heavy (non-hydrogen) atoms. The first-order valence-electron chi connectivity index (χ1n) is 6.66. The zero-order valence-corrected chi connectivity index (χ0v) is 13.6. The van der Waals surface area contributed by atoms with E-state index in [0.717, 1.165) is 17.9 Å². The summed E-state index contributed by atoms with van der Waals surface area (Å²) in [6.07, 6.45) is 0.564.